The van der Waals surface area contributed by atoms with Crippen molar-refractivity contribution in [1.29, 1.82) is 0 Å². The zero-order valence-electron chi connectivity index (χ0n) is 13.2. The third kappa shape index (κ3) is 3.99. The molecule has 23 heavy (non-hydrogen) atoms. The van der Waals surface area contributed by atoms with Crippen molar-refractivity contribution in [3.8, 4) is 0 Å². The van der Waals surface area contributed by atoms with Crippen LogP contribution in [0.15, 0.2) is 30.3 Å². The maximum Gasteiger partial charge on any atom is 0.248 e. The fourth-order valence-electron chi connectivity index (χ4n) is 3.37. The molecule has 1 aromatic rings. The van der Waals surface area contributed by atoms with Crippen molar-refractivity contribution in [2.24, 2.45) is 11.7 Å². The topological polar surface area (TPSA) is 75.4 Å². The Labute approximate surface area is 136 Å². The molecule has 0 radical (unpaired) electrons. The van der Waals surface area contributed by atoms with Gasteiger partial charge < -0.3 is 16.0 Å². The summed E-state index contributed by atoms with van der Waals surface area (Å²) in [7, 11) is 0. The molecular weight excluding hydrogens is 290 g/mol. The molecule has 2 amide bonds. The second-order valence-electron chi connectivity index (χ2n) is 6.46. The molecule has 3 rings (SSSR count). The van der Waals surface area contributed by atoms with Crippen molar-refractivity contribution < 1.29 is 9.59 Å². The van der Waals surface area contributed by atoms with Crippen molar-refractivity contribution in [3.05, 3.63) is 41.5 Å². The predicted octanol–water partition coefficient (Wildman–Crippen LogP) is 1.40. The van der Waals surface area contributed by atoms with Gasteiger partial charge in [0.15, 0.2) is 0 Å². The number of nitrogens with zero attached hydrogens (tertiary/aromatic N) is 1. The van der Waals surface area contributed by atoms with Gasteiger partial charge in [0.1, 0.15) is 0 Å². The number of carbonyl (C=O) groups excluding carboxylic acids is 2. The molecule has 2 atom stereocenters. The Morgan fingerprint density at radius 2 is 1.96 bits per heavy atom. The number of hydrogen-bond acceptors (Lipinski definition) is 3. The number of nitrogens with one attached hydrogen (secondary N) is 1. The highest BCUT2D eigenvalue weighted by Crippen LogP contribution is 2.21. The van der Waals surface area contributed by atoms with Crippen LogP contribution in [0.5, 0.6) is 0 Å². The molecule has 0 aliphatic carbocycles. The van der Waals surface area contributed by atoms with Crippen LogP contribution >= 0.6 is 0 Å². The Morgan fingerprint density at radius 3 is 2.70 bits per heavy atom. The summed E-state index contributed by atoms with van der Waals surface area (Å²) >= 11 is 0. The predicted molar refractivity (Wildman–Crippen MR) is 89.7 cm³/mol. The Balaban J connectivity index is 1.64. The fourth-order valence-corrected chi connectivity index (χ4v) is 3.37. The van der Waals surface area contributed by atoms with E-state index in [2.05, 4.69) is 5.32 Å². The standard InChI is InChI=1S/C18H23N3O2/c19-18(23)15-7-4-13(5-8-15)6-9-17(22)21-11-14-2-1-3-16(12-21)20-10-14/h4-9,14,16,20H,1-3,10-12H2,(H2,19,23)/b9-6+. The SMILES string of the molecule is NC(=O)c1ccc(/C=C/C(=O)N2CC3CCCC(C2)NC3)cc1. The lowest BCUT2D eigenvalue weighted by atomic mass is 10.00. The van der Waals surface area contributed by atoms with E-state index in [-0.39, 0.29) is 5.91 Å². The summed E-state index contributed by atoms with van der Waals surface area (Å²) in [6.07, 6.45) is 7.03. The van der Waals surface area contributed by atoms with Crippen molar-refractivity contribution in [2.75, 3.05) is 19.6 Å². The van der Waals surface area contributed by atoms with Crippen LogP contribution in [0, 0.1) is 5.92 Å². The van der Waals surface area contributed by atoms with Gasteiger partial charge in [0.25, 0.3) is 0 Å². The molecule has 2 aliphatic heterocycles. The van der Waals surface area contributed by atoms with Crippen LogP contribution in [0.2, 0.25) is 0 Å². The van der Waals surface area contributed by atoms with Gasteiger partial charge in [-0.25, -0.2) is 0 Å². The van der Waals surface area contributed by atoms with Gasteiger partial charge in [-0.1, -0.05) is 18.6 Å². The highest BCUT2D eigenvalue weighted by Gasteiger charge is 2.28. The second-order valence-corrected chi connectivity index (χ2v) is 6.46. The van der Waals surface area contributed by atoms with Gasteiger partial charge in [0.2, 0.25) is 11.8 Å². The normalized spacial score (nSPS) is 24.4. The lowest BCUT2D eigenvalue weighted by Gasteiger charge is -2.27. The number of hydrogen-bond donors (Lipinski definition) is 2. The number of benzene rings is 1. The summed E-state index contributed by atoms with van der Waals surface area (Å²) in [5, 5.41) is 3.56. The number of rotatable bonds is 3. The molecule has 5 heteroatoms. The van der Waals surface area contributed by atoms with Crippen LogP contribution in [0.3, 0.4) is 0 Å². The Bertz CT molecular complexity index is 595. The number of fused-ring (bicyclic) bond motifs is 3. The third-order valence-electron chi connectivity index (χ3n) is 4.70. The molecule has 5 nitrogen and oxygen atoms in total. The van der Waals surface area contributed by atoms with E-state index in [0.717, 1.165) is 31.6 Å². The lowest BCUT2D eigenvalue weighted by molar-refractivity contribution is -0.126. The summed E-state index contributed by atoms with van der Waals surface area (Å²) in [6.45, 7) is 2.65. The molecule has 122 valence electrons. The minimum atomic E-state index is -0.444. The maximum atomic E-state index is 12.5. The van der Waals surface area contributed by atoms with E-state index in [4.69, 9.17) is 5.73 Å². The molecule has 2 saturated heterocycles. The quantitative estimate of drug-likeness (QED) is 0.828. The molecule has 0 saturated carbocycles. The molecule has 2 bridgehead atoms. The lowest BCUT2D eigenvalue weighted by Crippen LogP contribution is -2.40. The Kier molecular flexibility index (Phi) is 4.76. The Hall–Kier alpha value is -2.14. The number of likely N-dealkylation sites (tertiary alicyclic amines) is 1. The second kappa shape index (κ2) is 6.96. The van der Waals surface area contributed by atoms with E-state index in [9.17, 15) is 9.59 Å². The fraction of sp³-hybridized carbons (Fsp3) is 0.444. The highest BCUT2D eigenvalue weighted by molar-refractivity contribution is 5.94. The van der Waals surface area contributed by atoms with E-state index in [1.54, 1.807) is 36.4 Å². The summed E-state index contributed by atoms with van der Waals surface area (Å²) < 4.78 is 0. The summed E-state index contributed by atoms with van der Waals surface area (Å²) in [5.41, 5.74) is 6.58. The minimum absolute atomic E-state index is 0.0598. The van der Waals surface area contributed by atoms with Crippen LogP contribution in [0.1, 0.15) is 35.2 Å². The molecule has 2 fully saturated rings. The number of primary amides is 1. The first-order chi connectivity index (χ1) is 11.1. The van der Waals surface area contributed by atoms with Crippen molar-refractivity contribution in [3.63, 3.8) is 0 Å². The van der Waals surface area contributed by atoms with Gasteiger partial charge in [0.05, 0.1) is 0 Å². The first-order valence-electron chi connectivity index (χ1n) is 8.22. The number of carbonyl (C=O) groups is 2. The molecule has 2 heterocycles. The van der Waals surface area contributed by atoms with Gasteiger partial charge in [-0.05, 0) is 49.1 Å². The molecule has 3 N–H and O–H groups in total. The van der Waals surface area contributed by atoms with E-state index in [0.29, 0.717) is 17.5 Å². The van der Waals surface area contributed by atoms with Crippen molar-refractivity contribution in [2.45, 2.75) is 25.3 Å². The number of nitrogens with two attached hydrogens (primary N) is 1. The van der Waals surface area contributed by atoms with Crippen molar-refractivity contribution in [1.82, 2.24) is 10.2 Å². The third-order valence-corrected chi connectivity index (χ3v) is 4.70. The summed E-state index contributed by atoms with van der Waals surface area (Å²) in [5.74, 6) is 0.180. The molecular formula is C18H23N3O2. The first-order valence-corrected chi connectivity index (χ1v) is 8.22. The monoisotopic (exact) mass is 313 g/mol. The van der Waals surface area contributed by atoms with Crippen LogP contribution < -0.4 is 11.1 Å². The highest BCUT2D eigenvalue weighted by atomic mass is 16.2. The van der Waals surface area contributed by atoms with Gasteiger partial charge >= 0.3 is 0 Å². The van der Waals surface area contributed by atoms with Crippen LogP contribution in [-0.4, -0.2) is 42.4 Å². The van der Waals surface area contributed by atoms with Gasteiger partial charge in [-0.15, -0.1) is 0 Å². The molecule has 0 spiro atoms. The van der Waals surface area contributed by atoms with Crippen LogP contribution in [0.4, 0.5) is 0 Å². The van der Waals surface area contributed by atoms with Gasteiger partial charge in [-0.2, -0.15) is 0 Å². The van der Waals surface area contributed by atoms with Crippen molar-refractivity contribution >= 4 is 17.9 Å². The van der Waals surface area contributed by atoms with E-state index >= 15 is 0 Å². The zero-order valence-corrected chi connectivity index (χ0v) is 13.2. The summed E-state index contributed by atoms with van der Waals surface area (Å²) in [6, 6.07) is 7.36. The van der Waals surface area contributed by atoms with E-state index < -0.39 is 5.91 Å². The molecule has 2 aliphatic rings. The first kappa shape index (κ1) is 15.7. The minimum Gasteiger partial charge on any atom is -0.366 e. The molecule has 2 unspecified atom stereocenters. The average molecular weight is 313 g/mol. The summed E-state index contributed by atoms with van der Waals surface area (Å²) in [4.78, 5) is 25.5. The largest absolute Gasteiger partial charge is 0.366 e. The van der Waals surface area contributed by atoms with E-state index in [1.807, 2.05) is 4.90 Å². The molecule has 1 aromatic carbocycles. The smallest absolute Gasteiger partial charge is 0.248 e. The maximum absolute atomic E-state index is 12.5. The molecule has 0 aromatic heterocycles. The van der Waals surface area contributed by atoms with Crippen LogP contribution in [-0.2, 0) is 4.79 Å². The number of amides is 2. The van der Waals surface area contributed by atoms with Gasteiger partial charge in [-0.3, -0.25) is 9.59 Å². The zero-order chi connectivity index (χ0) is 16.2. The van der Waals surface area contributed by atoms with Crippen LogP contribution in [0.25, 0.3) is 6.08 Å². The average Bonchev–Trinajstić information content (AvgIpc) is 2.87. The van der Waals surface area contributed by atoms with E-state index in [1.165, 1.54) is 12.8 Å². The van der Waals surface area contributed by atoms with Gasteiger partial charge in [0, 0.05) is 30.8 Å². The Morgan fingerprint density at radius 1 is 1.17 bits per heavy atom.